The van der Waals surface area contributed by atoms with Crippen molar-refractivity contribution in [1.82, 2.24) is 4.90 Å². The van der Waals surface area contributed by atoms with Crippen molar-refractivity contribution in [2.45, 2.75) is 31.8 Å². The van der Waals surface area contributed by atoms with Crippen LogP contribution in [0.25, 0.3) is 0 Å². The van der Waals surface area contributed by atoms with Crippen LogP contribution in [0, 0.1) is 5.92 Å². The predicted octanol–water partition coefficient (Wildman–Crippen LogP) is 1.69. The smallest absolute Gasteiger partial charge is 0.224 e. The van der Waals surface area contributed by atoms with Gasteiger partial charge in [0.15, 0.2) is 0 Å². The normalized spacial score (nSPS) is 21.1. The maximum absolute atomic E-state index is 11.8. The second kappa shape index (κ2) is 7.43. The third-order valence-corrected chi connectivity index (χ3v) is 3.92. The molecule has 0 unspecified atom stereocenters. The van der Waals surface area contributed by atoms with E-state index in [9.17, 15) is 9.90 Å². The molecule has 1 fully saturated rings. The highest BCUT2D eigenvalue weighted by atomic mass is 16.3. The summed E-state index contributed by atoms with van der Waals surface area (Å²) >= 11 is 0. The summed E-state index contributed by atoms with van der Waals surface area (Å²) in [6.45, 7) is 1.92. The van der Waals surface area contributed by atoms with Crippen molar-refractivity contribution < 1.29 is 9.90 Å². The number of carbonyl (C=O) groups is 1. The van der Waals surface area contributed by atoms with Gasteiger partial charge in [0, 0.05) is 24.3 Å². The van der Waals surface area contributed by atoms with Crippen molar-refractivity contribution in [3.05, 3.63) is 24.3 Å². The molecule has 0 radical (unpaired) electrons. The molecule has 21 heavy (non-hydrogen) atoms. The Hall–Kier alpha value is -1.59. The largest absolute Gasteiger partial charge is 0.399 e. The number of aliphatic hydroxyl groups excluding tert-OH is 1. The molecule has 1 amide bonds. The molecule has 0 aliphatic heterocycles. The summed E-state index contributed by atoms with van der Waals surface area (Å²) in [5.74, 6) is 0.654. The third-order valence-electron chi connectivity index (χ3n) is 3.92. The molecule has 5 heteroatoms. The lowest BCUT2D eigenvalue weighted by molar-refractivity contribution is -0.116. The maximum Gasteiger partial charge on any atom is 0.224 e. The molecule has 5 nitrogen and oxygen atoms in total. The van der Waals surface area contributed by atoms with Crippen LogP contribution >= 0.6 is 0 Å². The standard InChI is InChI=1S/C16H25N3O2/c1-19(11-12-9-15(20)10-12)8-2-3-16(21)18-14-6-4-13(17)5-7-14/h4-7,12,15,20H,2-3,8-11,17H2,1H3,(H,18,21). The monoisotopic (exact) mass is 291 g/mol. The highest BCUT2D eigenvalue weighted by Crippen LogP contribution is 2.27. The molecule has 2 rings (SSSR count). The average Bonchev–Trinajstić information content (AvgIpc) is 2.40. The Labute approximate surface area is 126 Å². The van der Waals surface area contributed by atoms with Crippen LogP contribution in [-0.4, -0.2) is 42.2 Å². The molecule has 0 saturated heterocycles. The Bertz CT molecular complexity index is 455. The number of hydrogen-bond acceptors (Lipinski definition) is 4. The van der Waals surface area contributed by atoms with E-state index in [1.165, 1.54) is 0 Å². The van der Waals surface area contributed by atoms with Gasteiger partial charge in [-0.25, -0.2) is 0 Å². The van der Waals surface area contributed by atoms with E-state index in [2.05, 4.69) is 17.3 Å². The highest BCUT2D eigenvalue weighted by Gasteiger charge is 2.27. The van der Waals surface area contributed by atoms with Crippen LogP contribution in [0.2, 0.25) is 0 Å². The highest BCUT2D eigenvalue weighted by molar-refractivity contribution is 5.90. The first-order valence-electron chi connectivity index (χ1n) is 7.55. The minimum atomic E-state index is -0.0888. The number of aliphatic hydroxyl groups is 1. The Balaban J connectivity index is 1.59. The first-order chi connectivity index (χ1) is 10.0. The number of amides is 1. The van der Waals surface area contributed by atoms with Gasteiger partial charge in [0.25, 0.3) is 0 Å². The fourth-order valence-corrected chi connectivity index (χ4v) is 2.68. The first-order valence-corrected chi connectivity index (χ1v) is 7.55. The SMILES string of the molecule is CN(CCCC(=O)Nc1ccc(N)cc1)CC1CC(O)C1. The zero-order chi connectivity index (χ0) is 15.2. The Morgan fingerprint density at radius 1 is 1.38 bits per heavy atom. The Morgan fingerprint density at radius 3 is 2.67 bits per heavy atom. The van der Waals surface area contributed by atoms with Crippen LogP contribution < -0.4 is 11.1 Å². The van der Waals surface area contributed by atoms with Crippen molar-refractivity contribution in [3.63, 3.8) is 0 Å². The quantitative estimate of drug-likeness (QED) is 0.668. The third kappa shape index (κ3) is 5.36. The molecule has 1 saturated carbocycles. The zero-order valence-electron chi connectivity index (χ0n) is 12.6. The summed E-state index contributed by atoms with van der Waals surface area (Å²) in [6, 6.07) is 7.16. The fraction of sp³-hybridized carbons (Fsp3) is 0.562. The van der Waals surface area contributed by atoms with Gasteiger partial charge in [0.2, 0.25) is 5.91 Å². The van der Waals surface area contributed by atoms with Gasteiger partial charge in [-0.15, -0.1) is 0 Å². The van der Waals surface area contributed by atoms with Crippen molar-refractivity contribution in [2.24, 2.45) is 5.92 Å². The summed E-state index contributed by atoms with van der Waals surface area (Å²) in [7, 11) is 2.07. The lowest BCUT2D eigenvalue weighted by Crippen LogP contribution is -2.37. The summed E-state index contributed by atoms with van der Waals surface area (Å²) in [6.07, 6.45) is 3.10. The van der Waals surface area contributed by atoms with Crippen molar-refractivity contribution in [2.75, 3.05) is 31.2 Å². The van der Waals surface area contributed by atoms with Gasteiger partial charge in [-0.05, 0) is 63.0 Å². The second-order valence-corrected chi connectivity index (χ2v) is 6.03. The molecule has 0 bridgehead atoms. The topological polar surface area (TPSA) is 78.6 Å². The number of hydrogen-bond donors (Lipinski definition) is 3. The number of rotatable bonds is 7. The molecule has 0 spiro atoms. The lowest BCUT2D eigenvalue weighted by Gasteiger charge is -2.34. The van der Waals surface area contributed by atoms with Gasteiger partial charge in [0.1, 0.15) is 0 Å². The van der Waals surface area contributed by atoms with Crippen LogP contribution in [0.4, 0.5) is 11.4 Å². The van der Waals surface area contributed by atoms with E-state index in [0.717, 1.165) is 38.0 Å². The number of anilines is 2. The summed E-state index contributed by atoms with van der Waals surface area (Å²) in [5, 5.41) is 12.1. The number of nitrogens with one attached hydrogen (secondary N) is 1. The van der Waals surface area contributed by atoms with Crippen molar-refractivity contribution in [1.29, 1.82) is 0 Å². The maximum atomic E-state index is 11.8. The average molecular weight is 291 g/mol. The van der Waals surface area contributed by atoms with Crippen LogP contribution in [0.15, 0.2) is 24.3 Å². The molecular formula is C16H25N3O2. The van der Waals surface area contributed by atoms with Crippen molar-refractivity contribution in [3.8, 4) is 0 Å². The first kappa shape index (κ1) is 15.8. The predicted molar refractivity (Wildman–Crippen MR) is 84.9 cm³/mol. The van der Waals surface area contributed by atoms with Gasteiger partial charge >= 0.3 is 0 Å². The number of benzene rings is 1. The number of nitrogen functional groups attached to an aromatic ring is 1. The van der Waals surface area contributed by atoms with E-state index in [-0.39, 0.29) is 12.0 Å². The van der Waals surface area contributed by atoms with Gasteiger partial charge in [-0.1, -0.05) is 0 Å². The van der Waals surface area contributed by atoms with E-state index in [0.29, 0.717) is 18.0 Å². The number of carbonyl (C=O) groups excluding carboxylic acids is 1. The molecule has 1 aromatic rings. The summed E-state index contributed by atoms with van der Waals surface area (Å²) in [4.78, 5) is 14.1. The van der Waals surface area contributed by atoms with Gasteiger partial charge < -0.3 is 21.1 Å². The summed E-state index contributed by atoms with van der Waals surface area (Å²) < 4.78 is 0. The van der Waals surface area contributed by atoms with E-state index < -0.39 is 0 Å². The van der Waals surface area contributed by atoms with Gasteiger partial charge in [-0.3, -0.25) is 4.79 Å². The minimum absolute atomic E-state index is 0.0345. The van der Waals surface area contributed by atoms with E-state index in [4.69, 9.17) is 5.73 Å². The molecule has 0 atom stereocenters. The molecular weight excluding hydrogens is 266 g/mol. The lowest BCUT2D eigenvalue weighted by atomic mass is 9.82. The van der Waals surface area contributed by atoms with Crippen LogP contribution in [0.3, 0.4) is 0 Å². The van der Waals surface area contributed by atoms with E-state index in [1.807, 2.05) is 0 Å². The van der Waals surface area contributed by atoms with Crippen LogP contribution in [-0.2, 0) is 4.79 Å². The molecule has 1 aliphatic carbocycles. The van der Waals surface area contributed by atoms with Gasteiger partial charge in [0.05, 0.1) is 6.10 Å². The fourth-order valence-electron chi connectivity index (χ4n) is 2.68. The van der Waals surface area contributed by atoms with Gasteiger partial charge in [-0.2, -0.15) is 0 Å². The molecule has 116 valence electrons. The molecule has 0 heterocycles. The second-order valence-electron chi connectivity index (χ2n) is 6.03. The number of nitrogens with two attached hydrogens (primary N) is 1. The summed E-state index contributed by atoms with van der Waals surface area (Å²) in [5.41, 5.74) is 7.08. The van der Waals surface area contributed by atoms with Crippen molar-refractivity contribution >= 4 is 17.3 Å². The van der Waals surface area contributed by atoms with E-state index >= 15 is 0 Å². The molecule has 1 aliphatic rings. The zero-order valence-corrected chi connectivity index (χ0v) is 12.6. The Kier molecular flexibility index (Phi) is 5.59. The minimum Gasteiger partial charge on any atom is -0.399 e. The van der Waals surface area contributed by atoms with Crippen LogP contribution in [0.5, 0.6) is 0 Å². The Morgan fingerprint density at radius 2 is 2.05 bits per heavy atom. The van der Waals surface area contributed by atoms with Crippen LogP contribution in [0.1, 0.15) is 25.7 Å². The molecule has 4 N–H and O–H groups in total. The number of nitrogens with zero attached hydrogens (tertiary/aromatic N) is 1. The molecule has 0 aromatic heterocycles. The molecule has 1 aromatic carbocycles. The van der Waals surface area contributed by atoms with E-state index in [1.54, 1.807) is 24.3 Å².